The van der Waals surface area contributed by atoms with Crippen molar-refractivity contribution in [2.24, 2.45) is 0 Å². The molecule has 1 unspecified atom stereocenters. The van der Waals surface area contributed by atoms with Crippen LogP contribution in [-0.2, 0) is 14.8 Å². The predicted octanol–water partition coefficient (Wildman–Crippen LogP) is 3.19. The zero-order valence-corrected chi connectivity index (χ0v) is 25.6. The third-order valence-electron chi connectivity index (χ3n) is 8.50. The summed E-state index contributed by atoms with van der Waals surface area (Å²) >= 11 is 1.01. The van der Waals surface area contributed by atoms with Gasteiger partial charge in [0.1, 0.15) is 10.3 Å². The molecule has 2 atom stereocenters. The lowest BCUT2D eigenvalue weighted by Gasteiger charge is -2.38. The maximum Gasteiger partial charge on any atom is 0.344 e. The fraction of sp³-hybridized carbons (Fsp3) is 0.387. The van der Waals surface area contributed by atoms with Crippen molar-refractivity contribution in [1.82, 2.24) is 23.2 Å². The summed E-state index contributed by atoms with van der Waals surface area (Å²) in [6.07, 6.45) is 1.97. The van der Waals surface area contributed by atoms with Crippen LogP contribution in [0.1, 0.15) is 36.9 Å². The molecule has 224 valence electrons. The lowest BCUT2D eigenvalue weighted by Crippen LogP contribution is -2.51. The van der Waals surface area contributed by atoms with E-state index in [0.717, 1.165) is 60.9 Å². The molecule has 0 bridgehead atoms. The van der Waals surface area contributed by atoms with Crippen molar-refractivity contribution in [2.75, 3.05) is 45.8 Å². The van der Waals surface area contributed by atoms with Crippen molar-refractivity contribution in [3.63, 3.8) is 0 Å². The van der Waals surface area contributed by atoms with E-state index in [9.17, 15) is 23.3 Å². The van der Waals surface area contributed by atoms with E-state index >= 15 is 0 Å². The molecule has 2 aliphatic heterocycles. The molecule has 4 aromatic rings. The Balaban J connectivity index is 1.42. The highest BCUT2D eigenvalue weighted by atomic mass is 32.2. The maximum absolute atomic E-state index is 14.5. The SMILES string of the molecule is CCCN1CCN([C@H]2CCN(C(=O)C(c3ccccc3)n3c(=O)n(S(=O)(=O)c4cccs4)c4ccc(C#N)cc43)C2)CC1. The van der Waals surface area contributed by atoms with Crippen molar-refractivity contribution >= 4 is 38.3 Å². The summed E-state index contributed by atoms with van der Waals surface area (Å²) in [4.78, 5) is 35.5. The molecule has 12 heteroatoms. The Labute approximate surface area is 255 Å². The van der Waals surface area contributed by atoms with Crippen LogP contribution in [0.2, 0.25) is 0 Å². The fourth-order valence-corrected chi connectivity index (χ4v) is 8.82. The predicted molar refractivity (Wildman–Crippen MR) is 166 cm³/mol. The Morgan fingerprint density at radius 1 is 1.02 bits per heavy atom. The van der Waals surface area contributed by atoms with E-state index in [0.29, 0.717) is 18.7 Å². The first-order valence-electron chi connectivity index (χ1n) is 14.6. The summed E-state index contributed by atoms with van der Waals surface area (Å²) in [5.74, 6) is -0.268. The van der Waals surface area contributed by atoms with Crippen LogP contribution in [0.4, 0.5) is 0 Å². The van der Waals surface area contributed by atoms with Gasteiger partial charge in [0.25, 0.3) is 15.9 Å². The van der Waals surface area contributed by atoms with Gasteiger partial charge in [-0.2, -0.15) is 17.7 Å². The molecule has 0 saturated carbocycles. The largest absolute Gasteiger partial charge is 0.344 e. The molecular weight excluding hydrogens is 585 g/mol. The third kappa shape index (κ3) is 5.42. The molecule has 2 aromatic carbocycles. The molecule has 0 N–H and O–H groups in total. The van der Waals surface area contributed by atoms with Crippen molar-refractivity contribution < 1.29 is 13.2 Å². The van der Waals surface area contributed by atoms with Crippen molar-refractivity contribution in [3.05, 3.63) is 87.7 Å². The van der Waals surface area contributed by atoms with Gasteiger partial charge in [0.2, 0.25) is 0 Å². The lowest BCUT2D eigenvalue weighted by molar-refractivity contribution is -0.132. The van der Waals surface area contributed by atoms with Crippen LogP contribution in [0, 0.1) is 11.3 Å². The van der Waals surface area contributed by atoms with E-state index in [1.165, 1.54) is 28.8 Å². The minimum Gasteiger partial charge on any atom is -0.339 e. The van der Waals surface area contributed by atoms with Crippen LogP contribution >= 0.6 is 11.3 Å². The van der Waals surface area contributed by atoms with Gasteiger partial charge < -0.3 is 9.80 Å². The number of hydrogen-bond donors (Lipinski definition) is 0. The van der Waals surface area contributed by atoms with Crippen LogP contribution in [0.3, 0.4) is 0 Å². The molecule has 0 aliphatic carbocycles. The number of aromatic nitrogens is 2. The van der Waals surface area contributed by atoms with E-state index in [2.05, 4.69) is 22.8 Å². The number of benzene rings is 2. The Morgan fingerprint density at radius 3 is 2.47 bits per heavy atom. The van der Waals surface area contributed by atoms with E-state index < -0.39 is 21.8 Å². The number of fused-ring (bicyclic) bond motifs is 1. The van der Waals surface area contributed by atoms with E-state index in [1.807, 2.05) is 6.07 Å². The van der Waals surface area contributed by atoms with Gasteiger partial charge in [0, 0.05) is 45.3 Å². The molecule has 2 saturated heterocycles. The summed E-state index contributed by atoms with van der Waals surface area (Å²) < 4.78 is 29.6. The topological polar surface area (TPSA) is 112 Å². The first kappa shape index (κ1) is 29.3. The summed E-state index contributed by atoms with van der Waals surface area (Å²) in [6.45, 7) is 8.32. The van der Waals surface area contributed by atoms with Crippen LogP contribution in [0.5, 0.6) is 0 Å². The van der Waals surface area contributed by atoms with Crippen LogP contribution in [0.25, 0.3) is 11.0 Å². The van der Waals surface area contributed by atoms with Gasteiger partial charge in [-0.25, -0.2) is 4.79 Å². The number of nitrogens with zero attached hydrogens (tertiary/aromatic N) is 6. The van der Waals surface area contributed by atoms with Crippen LogP contribution < -0.4 is 5.69 Å². The Hall–Kier alpha value is -3.76. The summed E-state index contributed by atoms with van der Waals surface area (Å²) in [5, 5.41) is 11.3. The lowest BCUT2D eigenvalue weighted by atomic mass is 10.0. The molecule has 4 heterocycles. The average molecular weight is 619 g/mol. The first-order valence-corrected chi connectivity index (χ1v) is 16.9. The monoisotopic (exact) mass is 618 g/mol. The molecule has 0 radical (unpaired) electrons. The van der Waals surface area contributed by atoms with E-state index in [4.69, 9.17) is 0 Å². The molecular formula is C31H34N6O4S2. The second-order valence-electron chi connectivity index (χ2n) is 11.1. The number of carbonyl (C=O) groups excluding carboxylic acids is 1. The number of carbonyl (C=O) groups is 1. The highest BCUT2D eigenvalue weighted by Crippen LogP contribution is 2.30. The van der Waals surface area contributed by atoms with Crippen molar-refractivity contribution in [1.29, 1.82) is 5.26 Å². The Kier molecular flexibility index (Phi) is 8.24. The molecule has 10 nitrogen and oxygen atoms in total. The highest BCUT2D eigenvalue weighted by molar-refractivity contribution is 7.92. The number of nitriles is 1. The van der Waals surface area contributed by atoms with Gasteiger partial charge in [-0.05, 0) is 54.6 Å². The van der Waals surface area contributed by atoms with Gasteiger partial charge >= 0.3 is 5.69 Å². The van der Waals surface area contributed by atoms with Crippen molar-refractivity contribution in [3.8, 4) is 6.07 Å². The summed E-state index contributed by atoms with van der Waals surface area (Å²) in [5.41, 5.74) is 0.323. The molecule has 2 aromatic heterocycles. The van der Waals surface area contributed by atoms with Crippen LogP contribution in [0.15, 0.2) is 75.0 Å². The van der Waals surface area contributed by atoms with Gasteiger partial charge in [-0.1, -0.05) is 43.3 Å². The minimum absolute atomic E-state index is 0.0158. The zero-order chi connectivity index (χ0) is 30.1. The summed E-state index contributed by atoms with van der Waals surface area (Å²) in [6, 6.07) is 17.7. The van der Waals surface area contributed by atoms with Gasteiger partial charge in [-0.3, -0.25) is 14.3 Å². The standard InChI is InChI=1S/C31H34N6O4S2/c1-2-13-33-15-17-34(18-16-33)25-12-14-35(22-25)30(38)29(24-7-4-3-5-8-24)36-27-20-23(21-32)10-11-26(27)37(31(36)39)43(40,41)28-9-6-19-42-28/h3-11,19-20,25,29H,2,12-18,22H2,1H3/t25-,29?/m0/s1. The molecule has 2 aliphatic rings. The number of hydrogen-bond acceptors (Lipinski definition) is 8. The normalized spacial score (nSPS) is 19.1. The second kappa shape index (κ2) is 12.1. The maximum atomic E-state index is 14.5. The molecule has 43 heavy (non-hydrogen) atoms. The first-order chi connectivity index (χ1) is 20.8. The smallest absolute Gasteiger partial charge is 0.339 e. The number of amides is 1. The Bertz CT molecular complexity index is 1820. The third-order valence-corrected chi connectivity index (χ3v) is 11.6. The molecule has 1 amide bonds. The number of rotatable bonds is 8. The van der Waals surface area contributed by atoms with Gasteiger partial charge in [-0.15, -0.1) is 11.3 Å². The summed E-state index contributed by atoms with van der Waals surface area (Å²) in [7, 11) is -4.26. The van der Waals surface area contributed by atoms with E-state index in [1.54, 1.807) is 40.6 Å². The Morgan fingerprint density at radius 2 is 1.79 bits per heavy atom. The molecule has 0 spiro atoms. The number of imidazole rings is 1. The quantitative estimate of drug-likeness (QED) is 0.298. The van der Waals surface area contributed by atoms with Crippen molar-refractivity contribution in [2.45, 2.75) is 36.1 Å². The van der Waals surface area contributed by atoms with E-state index in [-0.39, 0.29) is 32.8 Å². The highest BCUT2D eigenvalue weighted by Gasteiger charge is 2.38. The molecule has 2 fully saturated rings. The minimum atomic E-state index is -4.26. The average Bonchev–Trinajstić information content (AvgIpc) is 3.79. The zero-order valence-electron chi connectivity index (χ0n) is 24.0. The number of likely N-dealkylation sites (tertiary alicyclic amines) is 1. The van der Waals surface area contributed by atoms with Gasteiger partial charge in [0.05, 0.1) is 22.7 Å². The second-order valence-corrected chi connectivity index (χ2v) is 14.0. The van der Waals surface area contributed by atoms with Crippen LogP contribution in [-0.4, -0.2) is 89.4 Å². The van der Waals surface area contributed by atoms with Gasteiger partial charge in [0.15, 0.2) is 0 Å². The number of thiophene rings is 1. The molecule has 6 rings (SSSR count). The fourth-order valence-electron chi connectivity index (χ4n) is 6.36. The number of piperazine rings is 1.